The zero-order chi connectivity index (χ0) is 14.3. The van der Waals surface area contributed by atoms with Gasteiger partial charge < -0.3 is 14.0 Å². The lowest BCUT2D eigenvalue weighted by atomic mass is 9.69. The van der Waals surface area contributed by atoms with Gasteiger partial charge in [-0.1, -0.05) is 0 Å². The fourth-order valence-electron chi connectivity index (χ4n) is 2.53. The van der Waals surface area contributed by atoms with Crippen molar-refractivity contribution >= 4 is 13.1 Å². The Balaban J connectivity index is 2.30. The first kappa shape index (κ1) is 14.6. The quantitative estimate of drug-likeness (QED) is 0.569. The lowest BCUT2D eigenvalue weighted by Crippen LogP contribution is -2.41. The van der Waals surface area contributed by atoms with Crippen LogP contribution in [-0.2, 0) is 18.8 Å². The van der Waals surface area contributed by atoms with Crippen molar-refractivity contribution in [3.8, 4) is 0 Å². The molecule has 1 aliphatic heterocycles. The minimum atomic E-state index is -0.417. The van der Waals surface area contributed by atoms with Crippen molar-refractivity contribution in [1.82, 2.24) is 0 Å². The van der Waals surface area contributed by atoms with Gasteiger partial charge in [0.25, 0.3) is 0 Å². The highest BCUT2D eigenvalue weighted by Gasteiger charge is 2.53. The Hall–Kier alpha value is -0.805. The fourth-order valence-corrected chi connectivity index (χ4v) is 2.53. The number of esters is 1. The zero-order valence-corrected chi connectivity index (χ0v) is 12.5. The molecule has 1 fully saturated rings. The number of rotatable bonds is 2. The molecule has 0 unspecified atom stereocenters. The van der Waals surface area contributed by atoms with Gasteiger partial charge in [0.05, 0.1) is 18.3 Å². The second kappa shape index (κ2) is 4.95. The monoisotopic (exact) mass is 266 g/mol. The third-order valence-corrected chi connectivity index (χ3v) is 4.48. The van der Waals surface area contributed by atoms with Gasteiger partial charge in [0, 0.05) is 5.57 Å². The van der Waals surface area contributed by atoms with E-state index in [1.807, 2.05) is 27.7 Å². The predicted octanol–water partition coefficient (Wildman–Crippen LogP) is 2.66. The summed E-state index contributed by atoms with van der Waals surface area (Å²) in [5.74, 6) is -0.246. The topological polar surface area (TPSA) is 44.8 Å². The molecule has 0 N–H and O–H groups in total. The molecular formula is C14H23BO4. The highest BCUT2D eigenvalue weighted by molar-refractivity contribution is 6.55. The van der Waals surface area contributed by atoms with Crippen LogP contribution in [0.4, 0.5) is 0 Å². The highest BCUT2D eigenvalue weighted by atomic mass is 16.7. The number of carbonyl (C=O) groups is 1. The van der Waals surface area contributed by atoms with Crippen molar-refractivity contribution in [2.45, 2.75) is 64.6 Å². The molecule has 0 bridgehead atoms. The van der Waals surface area contributed by atoms with Gasteiger partial charge in [-0.15, -0.1) is 0 Å². The van der Waals surface area contributed by atoms with Crippen molar-refractivity contribution in [2.75, 3.05) is 7.11 Å². The number of carbonyl (C=O) groups excluding carboxylic acids is 1. The van der Waals surface area contributed by atoms with Crippen molar-refractivity contribution in [2.24, 2.45) is 0 Å². The van der Waals surface area contributed by atoms with E-state index in [-0.39, 0.29) is 17.2 Å². The SMILES string of the molecule is COC(=O)C1=C(B2OC(C)(C)C(C)(C)O2)CCCC1. The van der Waals surface area contributed by atoms with Crippen LogP contribution in [0.3, 0.4) is 0 Å². The zero-order valence-electron chi connectivity index (χ0n) is 12.5. The Morgan fingerprint density at radius 2 is 1.63 bits per heavy atom. The second-order valence-electron chi connectivity index (χ2n) is 6.29. The molecule has 1 saturated heterocycles. The minimum Gasteiger partial charge on any atom is -0.466 e. The van der Waals surface area contributed by atoms with Crippen LogP contribution in [0.5, 0.6) is 0 Å². The molecule has 1 heterocycles. The maximum absolute atomic E-state index is 11.9. The summed E-state index contributed by atoms with van der Waals surface area (Å²) in [6, 6.07) is 0. The molecule has 1 aliphatic carbocycles. The Bertz CT molecular complexity index is 396. The van der Waals surface area contributed by atoms with Gasteiger partial charge in [0.2, 0.25) is 0 Å². The Morgan fingerprint density at radius 1 is 1.11 bits per heavy atom. The largest absolute Gasteiger partial charge is 0.491 e. The van der Waals surface area contributed by atoms with Gasteiger partial charge in [0.15, 0.2) is 0 Å². The lowest BCUT2D eigenvalue weighted by Gasteiger charge is -2.32. The molecule has 0 saturated carbocycles. The van der Waals surface area contributed by atoms with E-state index in [4.69, 9.17) is 14.0 Å². The summed E-state index contributed by atoms with van der Waals surface area (Å²) in [4.78, 5) is 11.9. The van der Waals surface area contributed by atoms with Crippen molar-refractivity contribution in [1.29, 1.82) is 0 Å². The molecule has 106 valence electrons. The van der Waals surface area contributed by atoms with E-state index in [0.29, 0.717) is 0 Å². The highest BCUT2D eigenvalue weighted by Crippen LogP contribution is 2.41. The van der Waals surface area contributed by atoms with E-state index in [0.717, 1.165) is 36.7 Å². The molecule has 5 heteroatoms. The molecule has 2 rings (SSSR count). The summed E-state index contributed by atoms with van der Waals surface area (Å²) in [7, 11) is 1.01. The van der Waals surface area contributed by atoms with E-state index in [1.54, 1.807) is 0 Å². The molecule has 19 heavy (non-hydrogen) atoms. The van der Waals surface area contributed by atoms with Gasteiger partial charge in [-0.05, 0) is 58.9 Å². The average Bonchev–Trinajstić information content (AvgIpc) is 2.57. The number of methoxy groups -OCH3 is 1. The molecule has 2 aliphatic rings. The molecule has 0 aromatic rings. The fraction of sp³-hybridized carbons (Fsp3) is 0.786. The van der Waals surface area contributed by atoms with Crippen LogP contribution in [0.2, 0.25) is 0 Å². The second-order valence-corrected chi connectivity index (χ2v) is 6.29. The van der Waals surface area contributed by atoms with Crippen LogP contribution in [0.25, 0.3) is 0 Å². The number of ether oxygens (including phenoxy) is 1. The lowest BCUT2D eigenvalue weighted by molar-refractivity contribution is -0.136. The molecule has 0 radical (unpaired) electrons. The van der Waals surface area contributed by atoms with Crippen molar-refractivity contribution < 1.29 is 18.8 Å². The van der Waals surface area contributed by atoms with Crippen LogP contribution in [0, 0.1) is 0 Å². The third-order valence-electron chi connectivity index (χ3n) is 4.48. The predicted molar refractivity (Wildman–Crippen MR) is 73.6 cm³/mol. The summed E-state index contributed by atoms with van der Waals surface area (Å²) in [5, 5.41) is 0. The van der Waals surface area contributed by atoms with Crippen molar-refractivity contribution in [3.63, 3.8) is 0 Å². The number of hydrogen-bond acceptors (Lipinski definition) is 4. The first-order valence-electron chi connectivity index (χ1n) is 6.94. The van der Waals surface area contributed by atoms with E-state index < -0.39 is 7.12 Å². The Morgan fingerprint density at radius 3 is 2.16 bits per heavy atom. The number of allylic oxidation sites excluding steroid dienone is 1. The Labute approximate surface area is 115 Å². The molecule has 4 nitrogen and oxygen atoms in total. The van der Waals surface area contributed by atoms with E-state index in [9.17, 15) is 4.79 Å². The van der Waals surface area contributed by atoms with Crippen LogP contribution in [0.1, 0.15) is 53.4 Å². The van der Waals surface area contributed by atoms with Crippen LogP contribution < -0.4 is 0 Å². The summed E-state index contributed by atoms with van der Waals surface area (Å²) in [6.07, 6.45) is 3.70. The first-order chi connectivity index (χ1) is 8.78. The van der Waals surface area contributed by atoms with Gasteiger partial charge in [-0.25, -0.2) is 4.79 Å². The normalized spacial score (nSPS) is 25.6. The summed E-state index contributed by atoms with van der Waals surface area (Å²) < 4.78 is 17.0. The molecule has 0 amide bonds. The standard InChI is InChI=1S/C14H23BO4/c1-13(2)14(3,4)19-15(18-13)11-9-7-6-8-10(11)12(16)17-5/h6-9H2,1-5H3. The van der Waals surface area contributed by atoms with Gasteiger partial charge in [-0.3, -0.25) is 0 Å². The van der Waals surface area contributed by atoms with E-state index >= 15 is 0 Å². The molecule has 0 aromatic heterocycles. The molecule has 0 spiro atoms. The van der Waals surface area contributed by atoms with Crippen molar-refractivity contribution in [3.05, 3.63) is 11.0 Å². The van der Waals surface area contributed by atoms with Gasteiger partial charge in [-0.2, -0.15) is 0 Å². The summed E-state index contributed by atoms with van der Waals surface area (Å²) in [6.45, 7) is 8.09. The summed E-state index contributed by atoms with van der Waals surface area (Å²) in [5.41, 5.74) is 0.969. The molecule has 0 atom stereocenters. The van der Waals surface area contributed by atoms with Crippen LogP contribution in [-0.4, -0.2) is 31.4 Å². The average molecular weight is 266 g/mol. The minimum absolute atomic E-state index is 0.246. The first-order valence-corrected chi connectivity index (χ1v) is 6.94. The maximum Gasteiger partial charge on any atom is 0.491 e. The van der Waals surface area contributed by atoms with E-state index in [2.05, 4.69) is 0 Å². The third kappa shape index (κ3) is 2.58. The molecular weight excluding hydrogens is 243 g/mol. The van der Waals surface area contributed by atoms with Gasteiger partial charge in [0.1, 0.15) is 0 Å². The number of hydrogen-bond donors (Lipinski definition) is 0. The van der Waals surface area contributed by atoms with E-state index in [1.165, 1.54) is 7.11 Å². The maximum atomic E-state index is 11.9. The Kier molecular flexibility index (Phi) is 3.80. The van der Waals surface area contributed by atoms with Gasteiger partial charge >= 0.3 is 13.1 Å². The van der Waals surface area contributed by atoms with Crippen LogP contribution >= 0.6 is 0 Å². The van der Waals surface area contributed by atoms with Crippen LogP contribution in [0.15, 0.2) is 11.0 Å². The summed E-state index contributed by atoms with van der Waals surface area (Å²) >= 11 is 0. The molecule has 0 aromatic carbocycles. The smallest absolute Gasteiger partial charge is 0.466 e.